The van der Waals surface area contributed by atoms with E-state index in [1.54, 1.807) is 28.6 Å². The van der Waals surface area contributed by atoms with E-state index in [0.717, 1.165) is 34.2 Å². The lowest BCUT2D eigenvalue weighted by Crippen LogP contribution is -2.39. The third-order valence-corrected chi connectivity index (χ3v) is 5.09. The van der Waals surface area contributed by atoms with Gasteiger partial charge in [0, 0.05) is 38.2 Å². The van der Waals surface area contributed by atoms with E-state index in [4.69, 9.17) is 4.74 Å². The molecule has 0 aromatic carbocycles. The molecule has 0 radical (unpaired) electrons. The number of cyclic esters (lactones) is 1. The highest BCUT2D eigenvalue weighted by Crippen LogP contribution is 2.32. The van der Waals surface area contributed by atoms with Crippen LogP contribution in [0.1, 0.15) is 6.42 Å². The largest absolute Gasteiger partial charge is 0.449 e. The summed E-state index contributed by atoms with van der Waals surface area (Å²) in [6.07, 6.45) is 6.15. The minimum Gasteiger partial charge on any atom is -0.449 e. The average Bonchev–Trinajstić information content (AvgIpc) is 3.33. The Kier molecular flexibility index (Phi) is 4.04. The lowest BCUT2D eigenvalue weighted by molar-refractivity contribution is 0.0717. The SMILES string of the molecule is O=C1OCCCN1CCn1ccnc1-c1ccc(-c2ccn[nH]2)s1. The summed E-state index contributed by atoms with van der Waals surface area (Å²) >= 11 is 1.66. The highest BCUT2D eigenvalue weighted by molar-refractivity contribution is 7.18. The van der Waals surface area contributed by atoms with E-state index >= 15 is 0 Å². The number of nitrogens with one attached hydrogen (secondary N) is 1. The van der Waals surface area contributed by atoms with E-state index in [1.807, 2.05) is 12.3 Å². The van der Waals surface area contributed by atoms with Crippen molar-refractivity contribution in [2.75, 3.05) is 19.7 Å². The quantitative estimate of drug-likeness (QED) is 0.773. The van der Waals surface area contributed by atoms with Crippen molar-refractivity contribution < 1.29 is 9.53 Å². The highest BCUT2D eigenvalue weighted by atomic mass is 32.1. The van der Waals surface area contributed by atoms with Crippen molar-refractivity contribution >= 4 is 17.4 Å². The van der Waals surface area contributed by atoms with Gasteiger partial charge in [-0.25, -0.2) is 9.78 Å². The summed E-state index contributed by atoms with van der Waals surface area (Å²) in [5.74, 6) is 0.913. The van der Waals surface area contributed by atoms with Gasteiger partial charge in [-0.15, -0.1) is 11.3 Å². The molecular weight excluding hydrogens is 326 g/mol. The predicted molar refractivity (Wildman–Crippen MR) is 90.7 cm³/mol. The van der Waals surface area contributed by atoms with Gasteiger partial charge < -0.3 is 14.2 Å². The van der Waals surface area contributed by atoms with Gasteiger partial charge in [-0.05, 0) is 24.6 Å². The van der Waals surface area contributed by atoms with Crippen LogP contribution in [-0.4, -0.2) is 50.4 Å². The van der Waals surface area contributed by atoms with Crippen molar-refractivity contribution in [3.63, 3.8) is 0 Å². The molecule has 1 aliphatic heterocycles. The van der Waals surface area contributed by atoms with Crippen LogP contribution in [0.15, 0.2) is 36.8 Å². The van der Waals surface area contributed by atoms with Crippen molar-refractivity contribution in [3.05, 3.63) is 36.8 Å². The molecule has 0 saturated carbocycles. The fourth-order valence-corrected chi connectivity index (χ4v) is 3.73. The van der Waals surface area contributed by atoms with Crippen LogP contribution in [0.25, 0.3) is 21.3 Å². The maximum atomic E-state index is 11.7. The van der Waals surface area contributed by atoms with E-state index in [2.05, 4.69) is 31.9 Å². The molecule has 0 bridgehead atoms. The second-order valence-corrected chi connectivity index (χ2v) is 6.62. The van der Waals surface area contributed by atoms with Gasteiger partial charge >= 0.3 is 6.09 Å². The molecule has 4 rings (SSSR count). The number of hydrogen-bond donors (Lipinski definition) is 1. The first-order valence-electron chi connectivity index (χ1n) is 7.84. The number of thiophene rings is 1. The summed E-state index contributed by atoms with van der Waals surface area (Å²) in [6, 6.07) is 6.08. The molecule has 1 N–H and O–H groups in total. The fourth-order valence-electron chi connectivity index (χ4n) is 2.74. The second kappa shape index (κ2) is 6.48. The number of H-pyrrole nitrogens is 1. The van der Waals surface area contributed by atoms with Crippen LogP contribution in [0.2, 0.25) is 0 Å². The average molecular weight is 343 g/mol. The molecule has 1 aliphatic rings. The van der Waals surface area contributed by atoms with Crippen molar-refractivity contribution in [3.8, 4) is 21.3 Å². The predicted octanol–water partition coefficient (Wildman–Crippen LogP) is 2.84. The zero-order valence-corrected chi connectivity index (χ0v) is 13.8. The number of aromatic amines is 1. The Labute approximate surface area is 142 Å². The molecule has 3 aromatic heterocycles. The first-order chi connectivity index (χ1) is 11.8. The third kappa shape index (κ3) is 2.92. The van der Waals surface area contributed by atoms with Crippen molar-refractivity contribution in [1.82, 2.24) is 24.6 Å². The normalized spacial score (nSPS) is 14.8. The Bertz CT molecular complexity index is 823. The van der Waals surface area contributed by atoms with Crippen LogP contribution < -0.4 is 0 Å². The maximum absolute atomic E-state index is 11.7. The van der Waals surface area contributed by atoms with Gasteiger partial charge in [0.05, 0.1) is 22.1 Å². The number of carbonyl (C=O) groups excluding carboxylic acids is 1. The van der Waals surface area contributed by atoms with Gasteiger partial charge in [-0.2, -0.15) is 5.10 Å². The molecule has 3 aromatic rings. The van der Waals surface area contributed by atoms with E-state index in [0.29, 0.717) is 19.7 Å². The first-order valence-corrected chi connectivity index (χ1v) is 8.66. The third-order valence-electron chi connectivity index (χ3n) is 3.97. The van der Waals surface area contributed by atoms with Gasteiger partial charge in [0.1, 0.15) is 5.82 Å². The number of hydrogen-bond acceptors (Lipinski definition) is 5. The van der Waals surface area contributed by atoms with Crippen molar-refractivity contribution in [1.29, 1.82) is 0 Å². The van der Waals surface area contributed by atoms with E-state index in [1.165, 1.54) is 0 Å². The Balaban J connectivity index is 1.49. The number of carbonyl (C=O) groups is 1. The summed E-state index contributed by atoms with van der Waals surface area (Å²) in [5, 5.41) is 6.96. The molecular formula is C16H17N5O2S. The number of nitrogens with zero attached hydrogens (tertiary/aromatic N) is 4. The number of imidazole rings is 1. The van der Waals surface area contributed by atoms with Crippen LogP contribution in [0, 0.1) is 0 Å². The topological polar surface area (TPSA) is 76.0 Å². The Morgan fingerprint density at radius 3 is 2.96 bits per heavy atom. The zero-order chi connectivity index (χ0) is 16.4. The van der Waals surface area contributed by atoms with Crippen LogP contribution in [0.5, 0.6) is 0 Å². The van der Waals surface area contributed by atoms with Gasteiger partial charge in [0.15, 0.2) is 0 Å². The minimum atomic E-state index is -0.222. The molecule has 124 valence electrons. The molecule has 4 heterocycles. The fraction of sp³-hybridized carbons (Fsp3) is 0.312. The number of ether oxygens (including phenoxy) is 1. The summed E-state index contributed by atoms with van der Waals surface area (Å²) in [5.41, 5.74) is 1.00. The first kappa shape index (κ1) is 14.9. The van der Waals surface area contributed by atoms with E-state index in [-0.39, 0.29) is 6.09 Å². The molecule has 24 heavy (non-hydrogen) atoms. The summed E-state index contributed by atoms with van der Waals surface area (Å²) in [6.45, 7) is 2.60. The van der Waals surface area contributed by atoms with E-state index < -0.39 is 0 Å². The summed E-state index contributed by atoms with van der Waals surface area (Å²) in [7, 11) is 0. The molecule has 0 spiro atoms. The van der Waals surface area contributed by atoms with Crippen molar-refractivity contribution in [2.45, 2.75) is 13.0 Å². The van der Waals surface area contributed by atoms with Crippen LogP contribution in [-0.2, 0) is 11.3 Å². The van der Waals surface area contributed by atoms with E-state index in [9.17, 15) is 4.79 Å². The minimum absolute atomic E-state index is 0.222. The van der Waals surface area contributed by atoms with Crippen LogP contribution >= 0.6 is 11.3 Å². The zero-order valence-electron chi connectivity index (χ0n) is 13.0. The molecule has 0 unspecified atom stereocenters. The lowest BCUT2D eigenvalue weighted by Gasteiger charge is -2.26. The van der Waals surface area contributed by atoms with Gasteiger partial charge in [-0.3, -0.25) is 5.10 Å². The molecule has 7 nitrogen and oxygen atoms in total. The van der Waals surface area contributed by atoms with Gasteiger partial charge in [-0.1, -0.05) is 0 Å². The Morgan fingerprint density at radius 2 is 2.12 bits per heavy atom. The lowest BCUT2D eigenvalue weighted by atomic mass is 10.3. The molecule has 1 saturated heterocycles. The molecule has 1 fully saturated rings. The maximum Gasteiger partial charge on any atom is 0.409 e. The second-order valence-electron chi connectivity index (χ2n) is 5.53. The molecule has 8 heteroatoms. The summed E-state index contributed by atoms with van der Waals surface area (Å²) in [4.78, 5) is 20.2. The van der Waals surface area contributed by atoms with Crippen LogP contribution in [0.4, 0.5) is 4.79 Å². The standard InChI is InChI=1S/C16H17N5O2S/c22-16-21(7-1-11-23-16)10-9-20-8-6-17-15(20)14-3-2-13(24-14)12-4-5-18-19-12/h2-6,8H,1,7,9-11H2,(H,18,19). The van der Waals surface area contributed by atoms with Gasteiger partial charge in [0.25, 0.3) is 0 Å². The van der Waals surface area contributed by atoms with Crippen molar-refractivity contribution in [2.24, 2.45) is 0 Å². The highest BCUT2D eigenvalue weighted by Gasteiger charge is 2.19. The molecule has 0 atom stereocenters. The van der Waals surface area contributed by atoms with Crippen LogP contribution in [0.3, 0.4) is 0 Å². The molecule has 0 aliphatic carbocycles. The van der Waals surface area contributed by atoms with Gasteiger partial charge in [0.2, 0.25) is 0 Å². The number of amides is 1. The monoisotopic (exact) mass is 343 g/mol. The Morgan fingerprint density at radius 1 is 1.21 bits per heavy atom. The smallest absolute Gasteiger partial charge is 0.409 e. The Hall–Kier alpha value is -2.61. The number of aromatic nitrogens is 4. The summed E-state index contributed by atoms with van der Waals surface area (Å²) < 4.78 is 7.15. The molecule has 1 amide bonds. The number of rotatable bonds is 5.